The van der Waals surface area contributed by atoms with Gasteiger partial charge in [-0.25, -0.2) is 4.98 Å². The molecule has 0 saturated carbocycles. The molecule has 1 aliphatic heterocycles. The summed E-state index contributed by atoms with van der Waals surface area (Å²) in [6.45, 7) is 6.27. The van der Waals surface area contributed by atoms with Crippen LogP contribution in [-0.2, 0) is 17.6 Å². The number of ether oxygens (including phenoxy) is 1. The number of nitrogens with zero attached hydrogens (tertiary/aromatic N) is 1. The van der Waals surface area contributed by atoms with E-state index in [-0.39, 0.29) is 0 Å². The lowest BCUT2D eigenvalue weighted by atomic mass is 10.1. The molecule has 2 heterocycles. The zero-order valence-electron chi connectivity index (χ0n) is 12.2. The topological polar surface area (TPSA) is 47.3 Å². The second-order valence-corrected chi connectivity index (χ2v) is 5.61. The van der Waals surface area contributed by atoms with Gasteiger partial charge in [0.15, 0.2) is 5.89 Å². The molecule has 0 amide bonds. The van der Waals surface area contributed by atoms with E-state index in [0.717, 1.165) is 50.5 Å². The molecule has 1 aromatic heterocycles. The van der Waals surface area contributed by atoms with Crippen molar-refractivity contribution < 1.29 is 9.15 Å². The minimum atomic E-state index is 0.434. The van der Waals surface area contributed by atoms with Crippen LogP contribution in [-0.4, -0.2) is 30.3 Å². The van der Waals surface area contributed by atoms with Crippen molar-refractivity contribution in [2.75, 3.05) is 13.2 Å². The number of oxazole rings is 1. The Morgan fingerprint density at radius 3 is 3.05 bits per heavy atom. The first-order valence-electron chi connectivity index (χ1n) is 7.52. The van der Waals surface area contributed by atoms with Gasteiger partial charge in [-0.2, -0.15) is 0 Å². The Bertz CT molecular complexity index is 357. The Labute approximate surface area is 115 Å². The van der Waals surface area contributed by atoms with Gasteiger partial charge in [0.25, 0.3) is 0 Å². The number of aryl methyl sites for hydroxylation is 2. The molecule has 2 rings (SSSR count). The fourth-order valence-electron chi connectivity index (χ4n) is 2.38. The van der Waals surface area contributed by atoms with E-state index >= 15 is 0 Å². The molecular formula is C15H26N2O2. The molecule has 0 aromatic carbocycles. The van der Waals surface area contributed by atoms with Crippen LogP contribution in [0.15, 0.2) is 10.6 Å². The van der Waals surface area contributed by atoms with Crippen LogP contribution in [0.5, 0.6) is 0 Å². The third kappa shape index (κ3) is 5.33. The molecule has 0 bridgehead atoms. The Balaban J connectivity index is 1.63. The van der Waals surface area contributed by atoms with Crippen LogP contribution < -0.4 is 5.32 Å². The normalized spacial score (nSPS) is 19.4. The molecule has 0 aliphatic carbocycles. The Kier molecular flexibility index (Phi) is 5.86. The minimum absolute atomic E-state index is 0.434. The molecule has 1 atom stereocenters. The van der Waals surface area contributed by atoms with Crippen molar-refractivity contribution in [2.45, 2.75) is 64.5 Å². The van der Waals surface area contributed by atoms with Crippen LogP contribution in [0.3, 0.4) is 0 Å². The monoisotopic (exact) mass is 266 g/mol. The predicted octanol–water partition coefficient (Wildman–Crippen LogP) is 2.72. The molecule has 1 aromatic rings. The van der Waals surface area contributed by atoms with Gasteiger partial charge in [0.2, 0.25) is 0 Å². The lowest BCUT2D eigenvalue weighted by molar-refractivity contribution is 0.103. The highest BCUT2D eigenvalue weighted by atomic mass is 16.5. The average Bonchev–Trinajstić information content (AvgIpc) is 3.03. The fraction of sp³-hybridized carbons (Fsp3) is 0.800. The summed E-state index contributed by atoms with van der Waals surface area (Å²) in [4.78, 5) is 4.34. The summed E-state index contributed by atoms with van der Waals surface area (Å²) in [5.74, 6) is 1.87. The Morgan fingerprint density at radius 1 is 1.42 bits per heavy atom. The SMILES string of the molecule is CC(C)NCCCc1ncc(CCC2CCCO2)o1. The minimum Gasteiger partial charge on any atom is -0.446 e. The summed E-state index contributed by atoms with van der Waals surface area (Å²) in [6.07, 6.45) is 8.70. The summed E-state index contributed by atoms with van der Waals surface area (Å²) in [7, 11) is 0. The van der Waals surface area contributed by atoms with Crippen molar-refractivity contribution in [3.05, 3.63) is 17.8 Å². The van der Waals surface area contributed by atoms with Crippen molar-refractivity contribution in [3.8, 4) is 0 Å². The molecule has 108 valence electrons. The third-order valence-electron chi connectivity index (χ3n) is 3.46. The van der Waals surface area contributed by atoms with Gasteiger partial charge in [-0.05, 0) is 32.2 Å². The van der Waals surface area contributed by atoms with E-state index in [1.165, 1.54) is 12.8 Å². The van der Waals surface area contributed by atoms with E-state index in [4.69, 9.17) is 9.15 Å². The second-order valence-electron chi connectivity index (χ2n) is 5.61. The number of hydrogen-bond acceptors (Lipinski definition) is 4. The first kappa shape index (κ1) is 14.5. The van der Waals surface area contributed by atoms with E-state index in [9.17, 15) is 0 Å². The zero-order chi connectivity index (χ0) is 13.5. The van der Waals surface area contributed by atoms with E-state index in [1.54, 1.807) is 0 Å². The Morgan fingerprint density at radius 2 is 2.32 bits per heavy atom. The first-order chi connectivity index (χ1) is 9.24. The number of aromatic nitrogens is 1. The third-order valence-corrected chi connectivity index (χ3v) is 3.46. The highest BCUT2D eigenvalue weighted by Gasteiger charge is 2.16. The maximum atomic E-state index is 5.76. The fourth-order valence-corrected chi connectivity index (χ4v) is 2.38. The van der Waals surface area contributed by atoms with Gasteiger partial charge in [0.05, 0.1) is 12.3 Å². The van der Waals surface area contributed by atoms with E-state index in [2.05, 4.69) is 24.1 Å². The molecular weight excluding hydrogens is 240 g/mol. The summed E-state index contributed by atoms with van der Waals surface area (Å²) < 4.78 is 11.4. The van der Waals surface area contributed by atoms with Gasteiger partial charge in [0, 0.05) is 25.5 Å². The lowest BCUT2D eigenvalue weighted by Gasteiger charge is -2.07. The molecule has 1 N–H and O–H groups in total. The van der Waals surface area contributed by atoms with Gasteiger partial charge >= 0.3 is 0 Å². The van der Waals surface area contributed by atoms with E-state index in [1.807, 2.05) is 6.20 Å². The maximum absolute atomic E-state index is 5.76. The van der Waals surface area contributed by atoms with Crippen LogP contribution in [0.25, 0.3) is 0 Å². The van der Waals surface area contributed by atoms with Crippen molar-refractivity contribution in [1.82, 2.24) is 10.3 Å². The van der Waals surface area contributed by atoms with Crippen molar-refractivity contribution in [1.29, 1.82) is 0 Å². The largest absolute Gasteiger partial charge is 0.446 e. The van der Waals surface area contributed by atoms with Crippen molar-refractivity contribution in [2.24, 2.45) is 0 Å². The summed E-state index contributed by atoms with van der Waals surface area (Å²) in [5.41, 5.74) is 0. The molecule has 0 radical (unpaired) electrons. The van der Waals surface area contributed by atoms with Crippen LogP contribution in [0.4, 0.5) is 0 Å². The van der Waals surface area contributed by atoms with Crippen molar-refractivity contribution in [3.63, 3.8) is 0 Å². The van der Waals surface area contributed by atoms with Gasteiger partial charge in [-0.1, -0.05) is 13.8 Å². The van der Waals surface area contributed by atoms with Crippen molar-refractivity contribution >= 4 is 0 Å². The molecule has 0 spiro atoms. The second kappa shape index (κ2) is 7.65. The van der Waals surface area contributed by atoms with Crippen LogP contribution in [0, 0.1) is 0 Å². The van der Waals surface area contributed by atoms with Gasteiger partial charge in [-0.15, -0.1) is 0 Å². The molecule has 1 fully saturated rings. The average molecular weight is 266 g/mol. The van der Waals surface area contributed by atoms with Gasteiger partial charge in [0.1, 0.15) is 5.76 Å². The van der Waals surface area contributed by atoms with Crippen LogP contribution >= 0.6 is 0 Å². The number of hydrogen-bond donors (Lipinski definition) is 1. The smallest absolute Gasteiger partial charge is 0.194 e. The van der Waals surface area contributed by atoms with E-state index in [0.29, 0.717) is 12.1 Å². The quantitative estimate of drug-likeness (QED) is 0.735. The standard InChI is InChI=1S/C15H26N2O2/c1-12(2)16-9-3-6-15-17-11-14(19-15)8-7-13-5-4-10-18-13/h11-13,16H,3-10H2,1-2H3. The first-order valence-corrected chi connectivity index (χ1v) is 7.52. The number of rotatable bonds is 8. The predicted molar refractivity (Wildman–Crippen MR) is 75.3 cm³/mol. The van der Waals surface area contributed by atoms with Gasteiger partial charge < -0.3 is 14.5 Å². The maximum Gasteiger partial charge on any atom is 0.194 e. The zero-order valence-corrected chi connectivity index (χ0v) is 12.2. The highest BCUT2D eigenvalue weighted by molar-refractivity contribution is 4.95. The van der Waals surface area contributed by atoms with E-state index < -0.39 is 0 Å². The molecule has 1 unspecified atom stereocenters. The molecule has 1 aliphatic rings. The molecule has 19 heavy (non-hydrogen) atoms. The Hall–Kier alpha value is -0.870. The summed E-state index contributed by atoms with van der Waals surface area (Å²) >= 11 is 0. The van der Waals surface area contributed by atoms with Crippen LogP contribution in [0.1, 0.15) is 51.2 Å². The summed E-state index contributed by atoms with van der Waals surface area (Å²) in [6, 6.07) is 0.548. The molecule has 1 saturated heterocycles. The highest BCUT2D eigenvalue weighted by Crippen LogP contribution is 2.18. The molecule has 4 nitrogen and oxygen atoms in total. The van der Waals surface area contributed by atoms with Gasteiger partial charge in [-0.3, -0.25) is 0 Å². The number of nitrogens with one attached hydrogen (secondary N) is 1. The summed E-state index contributed by atoms with van der Waals surface area (Å²) in [5, 5.41) is 3.40. The van der Waals surface area contributed by atoms with Crippen LogP contribution in [0.2, 0.25) is 0 Å². The molecule has 4 heteroatoms. The lowest BCUT2D eigenvalue weighted by Crippen LogP contribution is -2.23.